The van der Waals surface area contributed by atoms with Crippen LogP contribution in [-0.4, -0.2) is 64.1 Å². The molecule has 3 aromatic rings. The molecule has 1 aromatic heterocycles. The van der Waals surface area contributed by atoms with E-state index in [-0.39, 0.29) is 17.6 Å². The fourth-order valence-electron chi connectivity index (χ4n) is 5.22. The molecular weight excluding hydrogens is 457 g/mol. The predicted octanol–water partition coefficient (Wildman–Crippen LogP) is 3.90. The Morgan fingerprint density at radius 1 is 0.944 bits per heavy atom. The zero-order chi connectivity index (χ0) is 25.2. The van der Waals surface area contributed by atoms with Crippen molar-refractivity contribution in [1.82, 2.24) is 19.6 Å². The maximum Gasteiger partial charge on any atom is 0.274 e. The average Bonchev–Trinajstić information content (AvgIpc) is 3.27. The molecule has 1 N–H and O–H groups in total. The van der Waals surface area contributed by atoms with Gasteiger partial charge in [-0.05, 0) is 74.9 Å². The Labute approximate surface area is 210 Å². The van der Waals surface area contributed by atoms with Crippen molar-refractivity contribution in [3.63, 3.8) is 0 Å². The van der Waals surface area contributed by atoms with E-state index >= 15 is 0 Å². The number of amides is 2. The van der Waals surface area contributed by atoms with Crippen LogP contribution in [0.3, 0.4) is 0 Å². The predicted molar refractivity (Wildman–Crippen MR) is 137 cm³/mol. The third-order valence-electron chi connectivity index (χ3n) is 7.23. The highest BCUT2D eigenvalue weighted by Crippen LogP contribution is 2.28. The van der Waals surface area contributed by atoms with Gasteiger partial charge in [0, 0.05) is 43.1 Å². The summed E-state index contributed by atoms with van der Waals surface area (Å²) >= 11 is 0. The van der Waals surface area contributed by atoms with Gasteiger partial charge in [-0.25, -0.2) is 9.07 Å². The van der Waals surface area contributed by atoms with Gasteiger partial charge in [-0.3, -0.25) is 14.5 Å². The molecule has 1 saturated heterocycles. The number of benzene rings is 2. The minimum atomic E-state index is -0.295. The number of nitrogens with zero attached hydrogens (tertiary/aromatic N) is 4. The summed E-state index contributed by atoms with van der Waals surface area (Å²) in [6, 6.07) is 12.2. The van der Waals surface area contributed by atoms with Gasteiger partial charge in [0.1, 0.15) is 5.82 Å². The van der Waals surface area contributed by atoms with Crippen LogP contribution < -0.4 is 5.32 Å². The molecule has 0 unspecified atom stereocenters. The highest BCUT2D eigenvalue weighted by molar-refractivity contribution is 5.95. The third kappa shape index (κ3) is 4.91. The SMILES string of the molecule is Cc1cccc(C)c1NC(=O)CN1CCN(C(=O)c2nn(-c3ccc(F)cc3)c3c2CCCC3)CC1. The summed E-state index contributed by atoms with van der Waals surface area (Å²) < 4.78 is 15.3. The van der Waals surface area contributed by atoms with Crippen molar-refractivity contribution in [2.45, 2.75) is 39.5 Å². The van der Waals surface area contributed by atoms with Crippen molar-refractivity contribution in [2.24, 2.45) is 0 Å². The number of rotatable bonds is 5. The van der Waals surface area contributed by atoms with Crippen LogP contribution >= 0.6 is 0 Å². The Bertz CT molecular complexity index is 1260. The molecular formula is C28H32FN5O2. The van der Waals surface area contributed by atoms with Crippen LogP contribution in [0, 0.1) is 19.7 Å². The first kappa shape index (κ1) is 24.2. The Hall–Kier alpha value is -3.52. The molecule has 0 bridgehead atoms. The minimum absolute atomic E-state index is 0.0423. The Balaban J connectivity index is 1.24. The number of nitrogens with one attached hydrogen (secondary N) is 1. The number of halogens is 1. The van der Waals surface area contributed by atoms with Crippen LogP contribution in [0.25, 0.3) is 5.69 Å². The molecule has 188 valence electrons. The lowest BCUT2D eigenvalue weighted by atomic mass is 9.95. The molecule has 1 aliphatic heterocycles. The van der Waals surface area contributed by atoms with E-state index in [1.54, 1.807) is 12.1 Å². The molecule has 8 heteroatoms. The largest absolute Gasteiger partial charge is 0.335 e. The summed E-state index contributed by atoms with van der Waals surface area (Å²) in [5.74, 6) is -0.399. The van der Waals surface area contributed by atoms with E-state index < -0.39 is 0 Å². The quantitative estimate of drug-likeness (QED) is 0.590. The Morgan fingerprint density at radius 3 is 2.31 bits per heavy atom. The van der Waals surface area contributed by atoms with Crippen molar-refractivity contribution in [1.29, 1.82) is 0 Å². The van der Waals surface area contributed by atoms with E-state index in [0.717, 1.165) is 59.4 Å². The molecule has 1 fully saturated rings. The molecule has 2 amide bonds. The van der Waals surface area contributed by atoms with E-state index in [4.69, 9.17) is 5.10 Å². The number of aromatic nitrogens is 2. The molecule has 1 aliphatic carbocycles. The van der Waals surface area contributed by atoms with Crippen LogP contribution in [0.5, 0.6) is 0 Å². The van der Waals surface area contributed by atoms with Crippen molar-refractivity contribution >= 4 is 17.5 Å². The zero-order valence-corrected chi connectivity index (χ0v) is 20.9. The van der Waals surface area contributed by atoms with Gasteiger partial charge in [0.25, 0.3) is 5.91 Å². The van der Waals surface area contributed by atoms with Crippen LogP contribution in [0.4, 0.5) is 10.1 Å². The second-order valence-corrected chi connectivity index (χ2v) is 9.75. The number of carbonyl (C=O) groups excluding carboxylic acids is 2. The van der Waals surface area contributed by atoms with E-state index in [9.17, 15) is 14.0 Å². The minimum Gasteiger partial charge on any atom is -0.335 e. The van der Waals surface area contributed by atoms with E-state index in [0.29, 0.717) is 38.4 Å². The first-order chi connectivity index (χ1) is 17.4. The maximum atomic E-state index is 13.5. The first-order valence-electron chi connectivity index (χ1n) is 12.6. The molecule has 0 atom stereocenters. The summed E-state index contributed by atoms with van der Waals surface area (Å²) in [5, 5.41) is 7.77. The van der Waals surface area contributed by atoms with Crippen molar-refractivity contribution in [2.75, 3.05) is 38.0 Å². The molecule has 2 aliphatic rings. The van der Waals surface area contributed by atoms with Crippen LogP contribution in [0.1, 0.15) is 45.7 Å². The number of hydrogen-bond donors (Lipinski definition) is 1. The van der Waals surface area contributed by atoms with Gasteiger partial charge < -0.3 is 10.2 Å². The molecule has 2 aromatic carbocycles. The fraction of sp³-hybridized carbons (Fsp3) is 0.393. The number of piperazine rings is 1. The third-order valence-corrected chi connectivity index (χ3v) is 7.23. The van der Waals surface area contributed by atoms with E-state index in [2.05, 4.69) is 10.2 Å². The van der Waals surface area contributed by atoms with E-state index in [1.165, 1.54) is 12.1 Å². The molecule has 36 heavy (non-hydrogen) atoms. The number of anilines is 1. The van der Waals surface area contributed by atoms with Crippen LogP contribution in [0.2, 0.25) is 0 Å². The van der Waals surface area contributed by atoms with Crippen LogP contribution in [-0.2, 0) is 17.6 Å². The molecule has 0 spiro atoms. The summed E-state index contributed by atoms with van der Waals surface area (Å²) in [7, 11) is 0. The lowest BCUT2D eigenvalue weighted by Gasteiger charge is -2.34. The molecule has 0 radical (unpaired) electrons. The number of aryl methyl sites for hydroxylation is 2. The number of hydrogen-bond acceptors (Lipinski definition) is 4. The van der Waals surface area contributed by atoms with Gasteiger partial charge in [0.05, 0.1) is 12.2 Å². The summed E-state index contributed by atoms with van der Waals surface area (Å²) in [5.41, 5.74) is 6.31. The lowest BCUT2D eigenvalue weighted by molar-refractivity contribution is -0.117. The second kappa shape index (κ2) is 10.2. The summed E-state index contributed by atoms with van der Waals surface area (Å²) in [6.07, 6.45) is 3.77. The number of para-hydroxylation sites is 1. The van der Waals surface area contributed by atoms with Gasteiger partial charge in [-0.2, -0.15) is 5.10 Å². The average molecular weight is 490 g/mol. The van der Waals surface area contributed by atoms with Gasteiger partial charge in [0.2, 0.25) is 5.91 Å². The molecule has 7 nitrogen and oxygen atoms in total. The monoisotopic (exact) mass is 489 g/mol. The number of carbonyl (C=O) groups is 2. The van der Waals surface area contributed by atoms with Gasteiger partial charge in [-0.1, -0.05) is 18.2 Å². The van der Waals surface area contributed by atoms with Crippen molar-refractivity contribution in [3.05, 3.63) is 76.4 Å². The summed E-state index contributed by atoms with van der Waals surface area (Å²) in [6.45, 7) is 6.64. The highest BCUT2D eigenvalue weighted by Gasteiger charge is 2.30. The fourth-order valence-corrected chi connectivity index (χ4v) is 5.22. The van der Waals surface area contributed by atoms with Crippen molar-refractivity contribution < 1.29 is 14.0 Å². The van der Waals surface area contributed by atoms with Gasteiger partial charge in [-0.15, -0.1) is 0 Å². The first-order valence-corrected chi connectivity index (χ1v) is 12.6. The highest BCUT2D eigenvalue weighted by atomic mass is 19.1. The molecule has 2 heterocycles. The Kier molecular flexibility index (Phi) is 6.87. The van der Waals surface area contributed by atoms with Crippen LogP contribution in [0.15, 0.2) is 42.5 Å². The summed E-state index contributed by atoms with van der Waals surface area (Å²) in [4.78, 5) is 30.1. The van der Waals surface area contributed by atoms with E-state index in [1.807, 2.05) is 41.6 Å². The van der Waals surface area contributed by atoms with Gasteiger partial charge >= 0.3 is 0 Å². The number of fused-ring (bicyclic) bond motifs is 1. The zero-order valence-electron chi connectivity index (χ0n) is 20.9. The molecule has 5 rings (SSSR count). The Morgan fingerprint density at radius 2 is 1.61 bits per heavy atom. The topological polar surface area (TPSA) is 70.5 Å². The molecule has 0 saturated carbocycles. The smallest absolute Gasteiger partial charge is 0.274 e. The van der Waals surface area contributed by atoms with Gasteiger partial charge in [0.15, 0.2) is 5.69 Å². The lowest BCUT2D eigenvalue weighted by Crippen LogP contribution is -2.50. The maximum absolute atomic E-state index is 13.5. The normalized spacial score (nSPS) is 16.0. The standard InChI is InChI=1S/C28H32FN5O2/c1-19-6-5-7-20(2)26(19)30-25(35)18-32-14-16-33(17-15-32)28(36)27-23-8-3-4-9-24(23)34(31-27)22-12-10-21(29)11-13-22/h5-7,10-13H,3-4,8-9,14-18H2,1-2H3,(H,30,35). The second-order valence-electron chi connectivity index (χ2n) is 9.75. The van der Waals surface area contributed by atoms with Crippen molar-refractivity contribution in [3.8, 4) is 5.69 Å².